The Bertz CT molecular complexity index is 1170. The van der Waals surface area contributed by atoms with Crippen molar-refractivity contribution in [3.05, 3.63) is 74.8 Å². The Morgan fingerprint density at radius 2 is 1.92 bits per heavy atom. The molecule has 1 amide bonds. The fourth-order valence-corrected chi connectivity index (χ4v) is 4.26. The molecular weight excluding hydrogens is 462 g/mol. The van der Waals surface area contributed by atoms with Crippen LogP contribution < -0.4 is 4.74 Å². The zero-order valence-electron chi connectivity index (χ0n) is 21.2. The van der Waals surface area contributed by atoms with Crippen LogP contribution in [0, 0.1) is 17.0 Å². The van der Waals surface area contributed by atoms with Crippen molar-refractivity contribution in [1.82, 2.24) is 9.80 Å². The van der Waals surface area contributed by atoms with Gasteiger partial charge in [-0.05, 0) is 69.7 Å². The van der Waals surface area contributed by atoms with E-state index in [1.54, 1.807) is 24.3 Å². The maximum absolute atomic E-state index is 13.2. The molecule has 9 heteroatoms. The summed E-state index contributed by atoms with van der Waals surface area (Å²) in [4.78, 5) is 40.5. The van der Waals surface area contributed by atoms with E-state index in [0.717, 1.165) is 18.4 Å². The van der Waals surface area contributed by atoms with Gasteiger partial charge in [-0.2, -0.15) is 0 Å². The smallest absolute Gasteiger partial charge is 0.295 e. The highest BCUT2D eigenvalue weighted by Crippen LogP contribution is 2.40. The maximum Gasteiger partial charge on any atom is 0.295 e. The predicted molar refractivity (Wildman–Crippen MR) is 137 cm³/mol. The highest BCUT2D eigenvalue weighted by atomic mass is 16.6. The standard InChI is InChI=1S/C27H33N3O6/c1-5-6-15-36-22-12-11-20(16-18(22)2)25(31)23-24(19-9-7-10-21(17-19)30(34)35)29(27(33)26(23)32)14-8-13-28(3)4/h7,9-12,16-17,24,31H,5-6,8,13-15H2,1-4H3/t24-/m0/s1. The van der Waals surface area contributed by atoms with E-state index in [9.17, 15) is 24.8 Å². The number of rotatable bonds is 11. The van der Waals surface area contributed by atoms with Crippen LogP contribution in [0.2, 0.25) is 0 Å². The summed E-state index contributed by atoms with van der Waals surface area (Å²) in [6.45, 7) is 5.44. The molecule has 192 valence electrons. The number of benzene rings is 2. The Kier molecular flexibility index (Phi) is 8.82. The molecule has 1 heterocycles. The molecule has 9 nitrogen and oxygen atoms in total. The van der Waals surface area contributed by atoms with E-state index < -0.39 is 22.7 Å². The molecule has 0 unspecified atom stereocenters. The number of Topliss-reactive ketones (excluding diaryl/α,β-unsaturated/α-hetero) is 1. The summed E-state index contributed by atoms with van der Waals surface area (Å²) in [5.74, 6) is -1.18. The van der Waals surface area contributed by atoms with E-state index in [4.69, 9.17) is 4.74 Å². The summed E-state index contributed by atoms with van der Waals surface area (Å²) in [6.07, 6.45) is 2.51. The van der Waals surface area contributed by atoms with Crippen LogP contribution in [0.25, 0.3) is 5.76 Å². The number of carbonyl (C=O) groups excluding carboxylic acids is 2. The number of aliphatic hydroxyl groups is 1. The Morgan fingerprint density at radius 3 is 2.56 bits per heavy atom. The van der Waals surface area contributed by atoms with Crippen LogP contribution >= 0.6 is 0 Å². The van der Waals surface area contributed by atoms with Crippen LogP contribution in [-0.4, -0.2) is 65.3 Å². The lowest BCUT2D eigenvalue weighted by atomic mass is 9.94. The fourth-order valence-electron chi connectivity index (χ4n) is 4.26. The van der Waals surface area contributed by atoms with E-state index in [1.807, 2.05) is 25.9 Å². The first kappa shape index (κ1) is 26.9. The van der Waals surface area contributed by atoms with E-state index in [0.29, 0.717) is 36.4 Å². The van der Waals surface area contributed by atoms with E-state index in [1.165, 1.54) is 23.1 Å². The molecule has 1 atom stereocenters. The normalized spacial score (nSPS) is 17.1. The molecule has 1 aliphatic rings. The van der Waals surface area contributed by atoms with Gasteiger partial charge in [0.2, 0.25) is 0 Å². The predicted octanol–water partition coefficient (Wildman–Crippen LogP) is 4.46. The van der Waals surface area contributed by atoms with Gasteiger partial charge in [-0.1, -0.05) is 25.5 Å². The molecule has 1 aliphatic heterocycles. The number of nitro groups is 1. The molecular formula is C27H33N3O6. The summed E-state index contributed by atoms with van der Waals surface area (Å²) < 4.78 is 5.79. The fraction of sp³-hybridized carbons (Fsp3) is 0.407. The summed E-state index contributed by atoms with van der Waals surface area (Å²) in [7, 11) is 3.81. The number of unbranched alkanes of at least 4 members (excludes halogenated alkanes) is 1. The van der Waals surface area contributed by atoms with Gasteiger partial charge < -0.3 is 19.6 Å². The van der Waals surface area contributed by atoms with E-state index in [-0.39, 0.29) is 23.6 Å². The Hall–Kier alpha value is -3.72. The number of nitrogens with zero attached hydrogens (tertiary/aromatic N) is 3. The summed E-state index contributed by atoms with van der Waals surface area (Å²) >= 11 is 0. The number of aliphatic hydroxyl groups excluding tert-OH is 1. The lowest BCUT2D eigenvalue weighted by Gasteiger charge is -2.26. The molecule has 0 bridgehead atoms. The van der Waals surface area contributed by atoms with Crippen molar-refractivity contribution in [1.29, 1.82) is 0 Å². The number of non-ortho nitro benzene ring substituents is 1. The number of amides is 1. The Morgan fingerprint density at radius 1 is 1.17 bits per heavy atom. The number of carbonyl (C=O) groups is 2. The van der Waals surface area contributed by atoms with Crippen molar-refractivity contribution < 1.29 is 24.4 Å². The van der Waals surface area contributed by atoms with Gasteiger partial charge >= 0.3 is 0 Å². The number of ketones is 1. The largest absolute Gasteiger partial charge is 0.507 e. The number of hydrogen-bond donors (Lipinski definition) is 1. The van der Waals surface area contributed by atoms with E-state index >= 15 is 0 Å². The van der Waals surface area contributed by atoms with Crippen LogP contribution in [0.15, 0.2) is 48.0 Å². The average molecular weight is 496 g/mol. The van der Waals surface area contributed by atoms with Gasteiger partial charge in [-0.15, -0.1) is 0 Å². The average Bonchev–Trinajstić information content (AvgIpc) is 3.09. The van der Waals surface area contributed by atoms with Crippen molar-refractivity contribution in [3.63, 3.8) is 0 Å². The first-order chi connectivity index (χ1) is 17.1. The molecule has 0 radical (unpaired) electrons. The summed E-state index contributed by atoms with van der Waals surface area (Å²) in [5.41, 5.74) is 1.31. The second-order valence-corrected chi connectivity index (χ2v) is 9.18. The molecule has 2 aromatic rings. The molecule has 1 N–H and O–H groups in total. The zero-order chi connectivity index (χ0) is 26.4. The van der Waals surface area contributed by atoms with Crippen molar-refractivity contribution in [2.75, 3.05) is 33.8 Å². The highest BCUT2D eigenvalue weighted by molar-refractivity contribution is 6.46. The molecule has 0 aliphatic carbocycles. The lowest BCUT2D eigenvalue weighted by Crippen LogP contribution is -2.32. The van der Waals surface area contributed by atoms with Gasteiger partial charge in [-0.3, -0.25) is 19.7 Å². The van der Waals surface area contributed by atoms with Crippen LogP contribution in [-0.2, 0) is 9.59 Å². The molecule has 36 heavy (non-hydrogen) atoms. The second kappa shape index (κ2) is 11.8. The first-order valence-corrected chi connectivity index (χ1v) is 12.1. The molecule has 1 saturated heterocycles. The van der Waals surface area contributed by atoms with Crippen LogP contribution in [0.4, 0.5) is 5.69 Å². The molecule has 1 fully saturated rings. The second-order valence-electron chi connectivity index (χ2n) is 9.18. The van der Waals surface area contributed by atoms with Crippen LogP contribution in [0.1, 0.15) is 48.9 Å². The van der Waals surface area contributed by atoms with Gasteiger partial charge in [-0.25, -0.2) is 0 Å². The number of ether oxygens (including phenoxy) is 1. The quantitative estimate of drug-likeness (QED) is 0.122. The topological polar surface area (TPSA) is 113 Å². The van der Waals surface area contributed by atoms with Crippen molar-refractivity contribution in [2.45, 2.75) is 39.2 Å². The minimum Gasteiger partial charge on any atom is -0.507 e. The molecule has 0 saturated carbocycles. The Balaban J connectivity index is 2.07. The van der Waals surface area contributed by atoms with Gasteiger partial charge in [0.1, 0.15) is 11.5 Å². The molecule has 0 aromatic heterocycles. The van der Waals surface area contributed by atoms with Gasteiger partial charge in [0.25, 0.3) is 17.4 Å². The SMILES string of the molecule is CCCCOc1ccc(C(O)=C2C(=O)C(=O)N(CCCN(C)C)[C@H]2c2cccc([N+](=O)[O-])c2)cc1C. The number of likely N-dealkylation sites (tertiary alicyclic amines) is 1. The van der Waals surface area contributed by atoms with Crippen molar-refractivity contribution >= 4 is 23.1 Å². The lowest BCUT2D eigenvalue weighted by molar-refractivity contribution is -0.384. The number of hydrogen-bond acceptors (Lipinski definition) is 7. The van der Waals surface area contributed by atoms with E-state index in [2.05, 4.69) is 6.92 Å². The number of aryl methyl sites for hydroxylation is 1. The zero-order valence-corrected chi connectivity index (χ0v) is 21.2. The van der Waals surface area contributed by atoms with Gasteiger partial charge in [0, 0.05) is 24.2 Å². The highest BCUT2D eigenvalue weighted by Gasteiger charge is 2.46. The van der Waals surface area contributed by atoms with Crippen LogP contribution in [0.5, 0.6) is 5.75 Å². The monoisotopic (exact) mass is 495 g/mol. The van der Waals surface area contributed by atoms with Crippen LogP contribution in [0.3, 0.4) is 0 Å². The third kappa shape index (κ3) is 5.91. The first-order valence-electron chi connectivity index (χ1n) is 12.1. The minimum absolute atomic E-state index is 0.0793. The third-order valence-corrected chi connectivity index (χ3v) is 6.14. The van der Waals surface area contributed by atoms with Crippen molar-refractivity contribution in [3.8, 4) is 5.75 Å². The molecule has 0 spiro atoms. The third-order valence-electron chi connectivity index (χ3n) is 6.14. The van der Waals surface area contributed by atoms with Crippen molar-refractivity contribution in [2.24, 2.45) is 0 Å². The summed E-state index contributed by atoms with van der Waals surface area (Å²) in [5, 5.41) is 22.7. The number of nitro benzene ring substituents is 1. The maximum atomic E-state index is 13.2. The molecule has 3 rings (SSSR count). The van der Waals surface area contributed by atoms with Gasteiger partial charge in [0.05, 0.1) is 23.1 Å². The Labute approximate surface area is 211 Å². The minimum atomic E-state index is -0.937. The summed E-state index contributed by atoms with van der Waals surface area (Å²) in [6, 6.07) is 9.99. The molecule has 2 aromatic carbocycles. The van der Waals surface area contributed by atoms with Gasteiger partial charge in [0.15, 0.2) is 0 Å².